The van der Waals surface area contributed by atoms with Gasteiger partial charge in [0.15, 0.2) is 0 Å². The first-order valence-electron chi connectivity index (χ1n) is 6.29. The van der Waals surface area contributed by atoms with Crippen LogP contribution in [0.1, 0.15) is 18.9 Å². The summed E-state index contributed by atoms with van der Waals surface area (Å²) in [5.74, 6) is 0. The molecule has 1 aromatic rings. The second kappa shape index (κ2) is 5.17. The number of nitrogens with zero attached hydrogens (tertiary/aromatic N) is 1. The Bertz CT molecular complexity index is 350. The molecule has 2 atom stereocenters. The van der Waals surface area contributed by atoms with Gasteiger partial charge >= 0.3 is 0 Å². The highest BCUT2D eigenvalue weighted by molar-refractivity contribution is 5.21. The first-order chi connectivity index (χ1) is 8.12. The van der Waals surface area contributed by atoms with Gasteiger partial charge in [-0.3, -0.25) is 4.90 Å². The van der Waals surface area contributed by atoms with E-state index < -0.39 is 5.60 Å². The Morgan fingerprint density at radius 2 is 2.12 bits per heavy atom. The number of benzene rings is 1. The quantitative estimate of drug-likeness (QED) is 0.821. The van der Waals surface area contributed by atoms with Gasteiger partial charge in [0.25, 0.3) is 0 Å². The van der Waals surface area contributed by atoms with Crippen molar-refractivity contribution in [2.75, 3.05) is 26.7 Å². The van der Waals surface area contributed by atoms with Gasteiger partial charge in [0, 0.05) is 19.1 Å². The molecule has 2 N–H and O–H groups in total. The molecule has 2 rings (SSSR count). The van der Waals surface area contributed by atoms with Crippen LogP contribution in [-0.4, -0.2) is 42.7 Å². The molecule has 1 aliphatic rings. The number of nitrogens with one attached hydrogen (secondary N) is 1. The van der Waals surface area contributed by atoms with Gasteiger partial charge in [-0.2, -0.15) is 0 Å². The maximum Gasteiger partial charge on any atom is 0.0994 e. The molecule has 1 aliphatic heterocycles. The molecule has 2 unspecified atom stereocenters. The highest BCUT2D eigenvalue weighted by Gasteiger charge is 2.29. The van der Waals surface area contributed by atoms with Crippen molar-refractivity contribution in [2.45, 2.75) is 25.0 Å². The van der Waals surface area contributed by atoms with Crippen LogP contribution in [0, 0.1) is 0 Å². The number of likely N-dealkylation sites (tertiary alicyclic amines) is 1. The fraction of sp³-hybridized carbons (Fsp3) is 0.571. The maximum atomic E-state index is 10.5. The summed E-state index contributed by atoms with van der Waals surface area (Å²) in [6.45, 7) is 4.69. The zero-order valence-electron chi connectivity index (χ0n) is 10.7. The monoisotopic (exact) mass is 234 g/mol. The molecular weight excluding hydrogens is 212 g/mol. The lowest BCUT2D eigenvalue weighted by molar-refractivity contribution is 0.0222. The van der Waals surface area contributed by atoms with Crippen molar-refractivity contribution in [3.63, 3.8) is 0 Å². The number of hydrogen-bond acceptors (Lipinski definition) is 3. The molecule has 0 saturated carbocycles. The molecule has 1 saturated heterocycles. The Morgan fingerprint density at radius 1 is 1.41 bits per heavy atom. The average Bonchev–Trinajstić information content (AvgIpc) is 2.77. The average molecular weight is 234 g/mol. The summed E-state index contributed by atoms with van der Waals surface area (Å²) >= 11 is 0. The van der Waals surface area contributed by atoms with Gasteiger partial charge in [0.05, 0.1) is 5.60 Å². The van der Waals surface area contributed by atoms with E-state index in [0.29, 0.717) is 12.6 Å². The first kappa shape index (κ1) is 12.6. The Labute approximate surface area is 103 Å². The van der Waals surface area contributed by atoms with E-state index in [9.17, 15) is 5.11 Å². The van der Waals surface area contributed by atoms with E-state index in [0.717, 1.165) is 18.7 Å². The van der Waals surface area contributed by atoms with Crippen molar-refractivity contribution in [1.82, 2.24) is 10.2 Å². The zero-order valence-corrected chi connectivity index (χ0v) is 10.7. The number of likely N-dealkylation sites (N-methyl/N-ethyl adjacent to an activating group) is 1. The molecule has 0 aliphatic carbocycles. The van der Waals surface area contributed by atoms with E-state index in [1.54, 1.807) is 0 Å². The summed E-state index contributed by atoms with van der Waals surface area (Å²) in [4.78, 5) is 2.33. The second-order valence-corrected chi connectivity index (χ2v) is 5.15. The molecule has 0 radical (unpaired) electrons. The molecule has 1 heterocycles. The fourth-order valence-electron chi connectivity index (χ4n) is 2.54. The molecule has 0 amide bonds. The zero-order chi connectivity index (χ0) is 12.3. The number of rotatable bonds is 4. The minimum Gasteiger partial charge on any atom is -0.384 e. The third-order valence-electron chi connectivity index (χ3n) is 3.61. The fourth-order valence-corrected chi connectivity index (χ4v) is 2.54. The second-order valence-electron chi connectivity index (χ2n) is 5.15. The molecule has 17 heavy (non-hydrogen) atoms. The summed E-state index contributed by atoms with van der Waals surface area (Å²) in [5.41, 5.74) is 0.233. The van der Waals surface area contributed by atoms with Crippen LogP contribution < -0.4 is 5.32 Å². The van der Waals surface area contributed by atoms with Crippen LogP contribution in [0.3, 0.4) is 0 Å². The van der Waals surface area contributed by atoms with Crippen molar-refractivity contribution in [3.05, 3.63) is 35.9 Å². The van der Waals surface area contributed by atoms with Crippen LogP contribution in [0.25, 0.3) is 0 Å². The molecule has 0 spiro atoms. The number of hydrogen-bond donors (Lipinski definition) is 2. The van der Waals surface area contributed by atoms with Gasteiger partial charge in [-0.25, -0.2) is 0 Å². The summed E-state index contributed by atoms with van der Waals surface area (Å²) in [6.07, 6.45) is 1.17. The van der Waals surface area contributed by atoms with Crippen molar-refractivity contribution in [2.24, 2.45) is 0 Å². The van der Waals surface area contributed by atoms with Crippen molar-refractivity contribution < 1.29 is 5.11 Å². The van der Waals surface area contributed by atoms with Crippen LogP contribution in [0.5, 0.6) is 0 Å². The number of aliphatic hydroxyl groups is 1. The third-order valence-corrected chi connectivity index (χ3v) is 3.61. The van der Waals surface area contributed by atoms with E-state index in [2.05, 4.69) is 10.2 Å². The standard InChI is InChI=1S/C14H22N2O/c1-14(17,12-6-4-3-5-7-12)11-16-9-8-13(10-16)15-2/h3-7,13,15,17H,8-11H2,1-2H3. The Balaban J connectivity index is 1.98. The van der Waals surface area contributed by atoms with Crippen LogP contribution >= 0.6 is 0 Å². The van der Waals surface area contributed by atoms with Crippen LogP contribution in [0.4, 0.5) is 0 Å². The van der Waals surface area contributed by atoms with E-state index in [-0.39, 0.29) is 0 Å². The molecule has 1 fully saturated rings. The van der Waals surface area contributed by atoms with E-state index in [1.165, 1.54) is 6.42 Å². The number of β-amino-alcohol motifs (C(OH)–C–C–N with tert-alkyl or cyclic N) is 1. The SMILES string of the molecule is CNC1CCN(CC(C)(O)c2ccccc2)C1. The lowest BCUT2D eigenvalue weighted by Crippen LogP contribution is -2.39. The van der Waals surface area contributed by atoms with Gasteiger partial charge in [0.1, 0.15) is 0 Å². The molecule has 3 heteroatoms. The first-order valence-corrected chi connectivity index (χ1v) is 6.29. The Hall–Kier alpha value is -0.900. The van der Waals surface area contributed by atoms with Crippen molar-refractivity contribution >= 4 is 0 Å². The summed E-state index contributed by atoms with van der Waals surface area (Å²) < 4.78 is 0. The highest BCUT2D eigenvalue weighted by Crippen LogP contribution is 2.23. The molecule has 0 aromatic heterocycles. The summed E-state index contributed by atoms with van der Waals surface area (Å²) in [7, 11) is 2.00. The lowest BCUT2D eigenvalue weighted by Gasteiger charge is -2.29. The van der Waals surface area contributed by atoms with Gasteiger partial charge < -0.3 is 10.4 Å². The Morgan fingerprint density at radius 3 is 2.71 bits per heavy atom. The normalized spacial score (nSPS) is 24.8. The topological polar surface area (TPSA) is 35.5 Å². The van der Waals surface area contributed by atoms with E-state index in [1.807, 2.05) is 44.3 Å². The largest absolute Gasteiger partial charge is 0.384 e. The summed E-state index contributed by atoms with van der Waals surface area (Å²) in [5, 5.41) is 13.8. The lowest BCUT2D eigenvalue weighted by atomic mass is 9.95. The van der Waals surface area contributed by atoms with Crippen molar-refractivity contribution in [3.8, 4) is 0 Å². The molecule has 0 bridgehead atoms. The van der Waals surface area contributed by atoms with Gasteiger partial charge in [-0.15, -0.1) is 0 Å². The van der Waals surface area contributed by atoms with Gasteiger partial charge in [-0.05, 0) is 32.5 Å². The van der Waals surface area contributed by atoms with Crippen LogP contribution in [-0.2, 0) is 5.60 Å². The van der Waals surface area contributed by atoms with Gasteiger partial charge in [0.2, 0.25) is 0 Å². The molecule has 3 nitrogen and oxygen atoms in total. The smallest absolute Gasteiger partial charge is 0.0994 e. The molecule has 1 aromatic carbocycles. The minimum absolute atomic E-state index is 0.571. The van der Waals surface area contributed by atoms with Gasteiger partial charge in [-0.1, -0.05) is 30.3 Å². The molecule has 94 valence electrons. The maximum absolute atomic E-state index is 10.5. The van der Waals surface area contributed by atoms with Crippen LogP contribution in [0.2, 0.25) is 0 Å². The van der Waals surface area contributed by atoms with Crippen molar-refractivity contribution in [1.29, 1.82) is 0 Å². The summed E-state index contributed by atoms with van der Waals surface area (Å²) in [6, 6.07) is 10.5. The highest BCUT2D eigenvalue weighted by atomic mass is 16.3. The van der Waals surface area contributed by atoms with Crippen LogP contribution in [0.15, 0.2) is 30.3 Å². The van der Waals surface area contributed by atoms with E-state index in [4.69, 9.17) is 0 Å². The predicted molar refractivity (Wildman–Crippen MR) is 69.9 cm³/mol. The Kier molecular flexibility index (Phi) is 3.82. The predicted octanol–water partition coefficient (Wildman–Crippen LogP) is 1.19. The molecular formula is C14H22N2O. The minimum atomic E-state index is -0.760. The van der Waals surface area contributed by atoms with E-state index >= 15 is 0 Å². The third kappa shape index (κ3) is 3.06.